The second-order valence-electron chi connectivity index (χ2n) is 5.97. The molecule has 0 heterocycles. The van der Waals surface area contributed by atoms with E-state index in [9.17, 15) is 13.2 Å². The molecular formula is C20H49NO8S. The first-order valence-electron chi connectivity index (χ1n) is 10.6. The van der Waals surface area contributed by atoms with Gasteiger partial charge in [-0.25, -0.2) is 0 Å². The quantitative estimate of drug-likeness (QED) is 0.203. The highest BCUT2D eigenvalue weighted by Gasteiger charge is 2.15. The van der Waals surface area contributed by atoms with Crippen molar-refractivity contribution < 1.29 is 37.8 Å². The Balaban J connectivity index is -0.000000177. The van der Waals surface area contributed by atoms with Crippen molar-refractivity contribution in [3.8, 4) is 0 Å². The predicted molar refractivity (Wildman–Crippen MR) is 122 cm³/mol. The molecule has 0 amide bonds. The van der Waals surface area contributed by atoms with Crippen LogP contribution in [0, 0.1) is 0 Å². The van der Waals surface area contributed by atoms with Crippen LogP contribution in [0.4, 0.5) is 0 Å². The Hall–Kier alpha value is -0.780. The van der Waals surface area contributed by atoms with Crippen LogP contribution in [-0.2, 0) is 19.1 Å². The zero-order valence-corrected chi connectivity index (χ0v) is 20.5. The van der Waals surface area contributed by atoms with Crippen molar-refractivity contribution in [1.29, 1.82) is 0 Å². The van der Waals surface area contributed by atoms with Crippen molar-refractivity contribution in [2.75, 3.05) is 32.2 Å². The number of aliphatic hydroxyl groups is 4. The Bertz CT molecular complexity index is 388. The lowest BCUT2D eigenvalue weighted by Crippen LogP contribution is -2.17. The van der Waals surface area contributed by atoms with Gasteiger partial charge in [0, 0.05) is 26.2 Å². The van der Waals surface area contributed by atoms with Crippen LogP contribution in [0.5, 0.6) is 0 Å². The summed E-state index contributed by atoms with van der Waals surface area (Å²) in [5, 5.41) is 31.2. The van der Waals surface area contributed by atoms with Crippen molar-refractivity contribution >= 4 is 16.1 Å². The second kappa shape index (κ2) is 35.6. The lowest BCUT2D eigenvalue weighted by Gasteiger charge is -2.04. The Labute approximate surface area is 184 Å². The number of carbonyl (C=O) groups is 1. The molecule has 0 fully saturated rings. The highest BCUT2D eigenvalue weighted by molar-refractivity contribution is 7.87. The summed E-state index contributed by atoms with van der Waals surface area (Å²) in [4.78, 5) is 11.3. The van der Waals surface area contributed by atoms with Crippen LogP contribution in [0.3, 0.4) is 0 Å². The van der Waals surface area contributed by atoms with Gasteiger partial charge in [0.2, 0.25) is 0 Å². The molecule has 0 bridgehead atoms. The average Bonchev–Trinajstić information content (AvgIpc) is 2.62. The summed E-state index contributed by atoms with van der Waals surface area (Å²) < 4.78 is 26.5. The van der Waals surface area contributed by atoms with Gasteiger partial charge in [0.25, 0.3) is 0 Å². The number of unbranched alkanes of at least 4 members (excludes halogenated alkanes) is 8. The summed E-state index contributed by atoms with van der Waals surface area (Å²) in [5.74, 6) is -1.25. The number of carbonyl (C=O) groups excluding carboxylic acids is 1. The summed E-state index contributed by atoms with van der Waals surface area (Å²) >= 11 is 0. The SMILES string of the molecule is CCCCCCCCCCCC(=O)OS(=O)(=O)CCO.CCO.CCO.CCO.N. The van der Waals surface area contributed by atoms with Crippen LogP contribution in [0.2, 0.25) is 0 Å². The Morgan fingerprint density at radius 3 is 1.37 bits per heavy atom. The zero-order valence-electron chi connectivity index (χ0n) is 19.6. The van der Waals surface area contributed by atoms with Gasteiger partial charge in [0.15, 0.2) is 0 Å². The van der Waals surface area contributed by atoms with Gasteiger partial charge in [-0.05, 0) is 27.2 Å². The molecule has 0 atom stereocenters. The van der Waals surface area contributed by atoms with Gasteiger partial charge in [0.1, 0.15) is 5.75 Å². The molecule has 9 nitrogen and oxygen atoms in total. The van der Waals surface area contributed by atoms with Gasteiger partial charge in [-0.2, -0.15) is 8.42 Å². The van der Waals surface area contributed by atoms with Crippen molar-refractivity contribution in [1.82, 2.24) is 6.15 Å². The molecule has 7 N–H and O–H groups in total. The molecule has 0 spiro atoms. The minimum atomic E-state index is -3.89. The fourth-order valence-corrected chi connectivity index (χ4v) is 2.59. The van der Waals surface area contributed by atoms with Crippen LogP contribution >= 0.6 is 0 Å². The summed E-state index contributed by atoms with van der Waals surface area (Å²) in [7, 11) is -3.89. The van der Waals surface area contributed by atoms with E-state index in [2.05, 4.69) is 11.1 Å². The molecule has 0 rings (SSSR count). The maximum absolute atomic E-state index is 11.3. The van der Waals surface area contributed by atoms with E-state index in [0.717, 1.165) is 12.8 Å². The fourth-order valence-electron chi connectivity index (χ4n) is 1.92. The van der Waals surface area contributed by atoms with E-state index < -0.39 is 28.4 Å². The molecule has 0 aromatic heterocycles. The number of hydrogen-bond acceptors (Lipinski definition) is 9. The standard InChI is InChI=1S/C14H28O5S.3C2H6O.H3N/c1-2-3-4-5-6-7-8-9-10-11-14(16)19-20(17,18)13-12-15;3*1-2-3;/h15H,2-13H2,1H3;3*3H,2H2,1H3;1H3. The largest absolute Gasteiger partial charge is 0.397 e. The summed E-state index contributed by atoms with van der Waals surface area (Å²) in [6.45, 7) is 7.45. The Morgan fingerprint density at radius 2 is 1.03 bits per heavy atom. The van der Waals surface area contributed by atoms with Crippen molar-refractivity contribution in [2.24, 2.45) is 0 Å². The third kappa shape index (κ3) is 50.7. The fraction of sp³-hybridized carbons (Fsp3) is 0.950. The van der Waals surface area contributed by atoms with Crippen LogP contribution in [0.1, 0.15) is 91.9 Å². The molecule has 30 heavy (non-hydrogen) atoms. The predicted octanol–water partition coefficient (Wildman–Crippen LogP) is 2.93. The van der Waals surface area contributed by atoms with Gasteiger partial charge in [-0.3, -0.25) is 4.79 Å². The maximum Gasteiger partial charge on any atom is 0.322 e. The van der Waals surface area contributed by atoms with Gasteiger partial charge in [-0.15, -0.1) is 0 Å². The number of hydrogen-bond donors (Lipinski definition) is 5. The van der Waals surface area contributed by atoms with E-state index in [1.54, 1.807) is 20.8 Å². The van der Waals surface area contributed by atoms with Crippen molar-refractivity contribution in [3.05, 3.63) is 0 Å². The molecule has 0 aromatic carbocycles. The van der Waals surface area contributed by atoms with E-state index in [-0.39, 0.29) is 32.4 Å². The third-order valence-corrected chi connectivity index (χ3v) is 4.17. The minimum Gasteiger partial charge on any atom is -0.397 e. The van der Waals surface area contributed by atoms with E-state index in [4.69, 9.17) is 20.4 Å². The summed E-state index contributed by atoms with van der Waals surface area (Å²) in [6, 6.07) is 0. The summed E-state index contributed by atoms with van der Waals surface area (Å²) in [5.41, 5.74) is 0. The van der Waals surface area contributed by atoms with Gasteiger partial charge in [0.05, 0.1) is 6.61 Å². The van der Waals surface area contributed by atoms with Crippen LogP contribution in [0.15, 0.2) is 0 Å². The van der Waals surface area contributed by atoms with E-state index in [0.29, 0.717) is 6.42 Å². The van der Waals surface area contributed by atoms with E-state index in [1.807, 2.05) is 0 Å². The Kier molecular flexibility index (Phi) is 47.1. The minimum absolute atomic E-state index is 0. The monoisotopic (exact) mass is 463 g/mol. The summed E-state index contributed by atoms with van der Waals surface area (Å²) in [6.07, 6.45) is 10.3. The van der Waals surface area contributed by atoms with Crippen LogP contribution in [0.25, 0.3) is 0 Å². The second-order valence-corrected chi connectivity index (χ2v) is 7.66. The van der Waals surface area contributed by atoms with E-state index >= 15 is 0 Å². The van der Waals surface area contributed by atoms with Gasteiger partial charge >= 0.3 is 16.1 Å². The lowest BCUT2D eigenvalue weighted by atomic mass is 10.1. The molecule has 0 radical (unpaired) electrons. The van der Waals surface area contributed by atoms with Gasteiger partial charge < -0.3 is 30.8 Å². The smallest absolute Gasteiger partial charge is 0.322 e. The molecule has 0 aliphatic rings. The molecule has 0 saturated heterocycles. The number of aliphatic hydroxyl groups excluding tert-OH is 4. The van der Waals surface area contributed by atoms with Crippen LogP contribution in [-0.4, -0.2) is 67.0 Å². The average molecular weight is 464 g/mol. The third-order valence-electron chi connectivity index (χ3n) is 3.05. The molecule has 0 unspecified atom stereocenters. The topological polar surface area (TPSA) is 176 Å². The first-order chi connectivity index (χ1) is 13.8. The molecule has 188 valence electrons. The molecule has 0 aliphatic carbocycles. The first-order valence-corrected chi connectivity index (χ1v) is 12.2. The molecule has 0 aromatic rings. The molecule has 0 aliphatic heterocycles. The Morgan fingerprint density at radius 1 is 0.700 bits per heavy atom. The lowest BCUT2D eigenvalue weighted by molar-refractivity contribution is -0.133. The number of rotatable bonds is 13. The van der Waals surface area contributed by atoms with Crippen molar-refractivity contribution in [2.45, 2.75) is 91.9 Å². The normalized spacial score (nSPS) is 9.47. The van der Waals surface area contributed by atoms with Crippen molar-refractivity contribution in [3.63, 3.8) is 0 Å². The highest BCUT2D eigenvalue weighted by Crippen LogP contribution is 2.11. The highest BCUT2D eigenvalue weighted by atomic mass is 32.2. The van der Waals surface area contributed by atoms with Gasteiger partial charge in [-0.1, -0.05) is 58.3 Å². The van der Waals surface area contributed by atoms with Crippen LogP contribution < -0.4 is 6.15 Å². The molecule has 0 saturated carbocycles. The molecule has 10 heteroatoms. The first kappa shape index (κ1) is 39.7. The zero-order chi connectivity index (χ0) is 23.4. The molecular weight excluding hydrogens is 414 g/mol. The van der Waals surface area contributed by atoms with E-state index in [1.165, 1.54) is 38.5 Å². The maximum atomic E-state index is 11.3.